The predicted molar refractivity (Wildman–Crippen MR) is 69.7 cm³/mol. The summed E-state index contributed by atoms with van der Waals surface area (Å²) < 4.78 is 303. The molecule has 0 bridgehead atoms. The predicted octanol–water partition coefficient (Wildman–Crippen LogP) is 6.94. The summed E-state index contributed by atoms with van der Waals surface area (Å²) in [6.07, 6.45) is -41.4. The molecule has 0 aromatic rings. The number of hydrogen-bond acceptors (Lipinski definition) is 4. The molecule has 0 atom stereocenters. The Hall–Kier alpha value is -2.22. The fourth-order valence-corrected chi connectivity index (χ4v) is 1.74. The van der Waals surface area contributed by atoms with Gasteiger partial charge < -0.3 is 4.74 Å². The van der Waals surface area contributed by atoms with E-state index < -0.39 is 72.1 Å². The summed E-state index contributed by atoms with van der Waals surface area (Å²) in [5.74, 6) is -53.1. The molecule has 0 heterocycles. The van der Waals surface area contributed by atoms with Crippen LogP contribution in [0, 0.1) is 0 Å². The van der Waals surface area contributed by atoms with Crippen molar-refractivity contribution in [3.8, 4) is 0 Å². The largest absolute Gasteiger partial charge is 0.464 e. The molecule has 240 valence electrons. The van der Waals surface area contributed by atoms with Crippen molar-refractivity contribution < 1.29 is 120 Å². The number of carbonyl (C=O) groups excluding carboxylic acids is 1. The van der Waals surface area contributed by atoms with Crippen molar-refractivity contribution in [2.45, 2.75) is 66.1 Å². The second-order valence-electron chi connectivity index (χ2n) is 6.71. The Labute approximate surface area is 200 Å². The van der Waals surface area contributed by atoms with E-state index in [4.69, 9.17) is 0 Å². The average molecular weight is 660 g/mol. The van der Waals surface area contributed by atoms with E-state index >= 15 is 0 Å². The van der Waals surface area contributed by atoms with Crippen molar-refractivity contribution in [2.75, 3.05) is 7.11 Å². The van der Waals surface area contributed by atoms with Gasteiger partial charge in [-0.1, -0.05) is 0 Å². The number of hydrogen-bond donors (Lipinski definition) is 0. The summed E-state index contributed by atoms with van der Waals surface area (Å²) in [6, 6.07) is 0. The fraction of sp³-hybridized carbons (Fsp3) is 0.923. The first-order valence-electron chi connectivity index (χ1n) is 8.23. The van der Waals surface area contributed by atoms with Crippen LogP contribution in [0.1, 0.15) is 0 Å². The number of esters is 1. The second-order valence-corrected chi connectivity index (χ2v) is 6.71. The van der Waals surface area contributed by atoms with E-state index in [0.717, 1.165) is 9.47 Å². The third kappa shape index (κ3) is 5.37. The zero-order valence-corrected chi connectivity index (χ0v) is 17.3. The number of carbonyl (C=O) groups is 1. The SMILES string of the molecule is COC(=O)C(F)(F)C(F)(F)C(F)(F)OC(F)(F)C(F)(F)C(F)(F)C(F)(F)OC(F)(F)C(F)(F)C(F)(F)C(F)(F)F. The molecule has 0 saturated heterocycles. The van der Waals surface area contributed by atoms with Crippen LogP contribution in [0.15, 0.2) is 0 Å². The lowest BCUT2D eigenvalue weighted by Gasteiger charge is -2.40. The Morgan fingerprint density at radius 3 is 0.850 bits per heavy atom. The maximum absolute atomic E-state index is 13.4. The second kappa shape index (κ2) is 9.67. The quantitative estimate of drug-likeness (QED) is 0.168. The topological polar surface area (TPSA) is 44.8 Å². The zero-order valence-electron chi connectivity index (χ0n) is 17.3. The highest BCUT2D eigenvalue weighted by Gasteiger charge is 2.90. The lowest BCUT2D eigenvalue weighted by Crippen LogP contribution is -2.69. The Morgan fingerprint density at radius 1 is 0.400 bits per heavy atom. The van der Waals surface area contributed by atoms with Gasteiger partial charge >= 0.3 is 72.1 Å². The van der Waals surface area contributed by atoms with Crippen molar-refractivity contribution in [3.63, 3.8) is 0 Å². The molecular weight excluding hydrogens is 657 g/mol. The molecule has 0 fully saturated rings. The molecule has 0 saturated carbocycles. The van der Waals surface area contributed by atoms with Crippen LogP contribution < -0.4 is 0 Å². The van der Waals surface area contributed by atoms with Gasteiger partial charge in [-0.3, -0.25) is 0 Å². The molecule has 0 aliphatic carbocycles. The maximum Gasteiger partial charge on any atom is 0.460 e. The van der Waals surface area contributed by atoms with E-state index in [9.17, 15) is 106 Å². The van der Waals surface area contributed by atoms with Crippen LogP contribution in [0.4, 0.5) is 101 Å². The molecule has 0 aliphatic rings. The maximum atomic E-state index is 13.4. The third-order valence-corrected chi connectivity index (χ3v) is 3.96. The molecule has 4 nitrogen and oxygen atoms in total. The molecule has 0 N–H and O–H groups in total. The molecule has 0 aromatic carbocycles. The summed E-state index contributed by atoms with van der Waals surface area (Å²) in [6.45, 7) is 0. The Morgan fingerprint density at radius 2 is 0.625 bits per heavy atom. The van der Waals surface area contributed by atoms with Crippen molar-refractivity contribution in [3.05, 3.63) is 0 Å². The first kappa shape index (κ1) is 37.8. The van der Waals surface area contributed by atoms with E-state index in [1.807, 2.05) is 0 Å². The smallest absolute Gasteiger partial charge is 0.460 e. The van der Waals surface area contributed by atoms with Crippen LogP contribution in [0.25, 0.3) is 0 Å². The lowest BCUT2D eigenvalue weighted by molar-refractivity contribution is -0.542. The molecule has 0 spiro atoms. The van der Waals surface area contributed by atoms with Gasteiger partial charge in [0.2, 0.25) is 0 Å². The number of rotatable bonds is 12. The van der Waals surface area contributed by atoms with Gasteiger partial charge in [-0.2, -0.15) is 101 Å². The van der Waals surface area contributed by atoms with Gasteiger partial charge in [0.15, 0.2) is 0 Å². The standard InChI is InChI=1S/C13H3F23O4/c1-38-2(37)3(14,15)4(16,17)10(29,30)39-12(33,34)7(22,23)8(24,25)13(35,36)40-11(31,32)6(20,21)5(18,19)9(26,27)28/h1H3. The summed E-state index contributed by atoms with van der Waals surface area (Å²) >= 11 is 0. The number of methoxy groups -OCH3 is 1. The molecule has 0 aliphatic heterocycles. The van der Waals surface area contributed by atoms with Crippen LogP contribution in [-0.4, -0.2) is 79.2 Å². The number of alkyl halides is 23. The molecule has 0 amide bonds. The minimum absolute atomic E-state index is 0.277. The molecule has 0 rings (SSSR count). The van der Waals surface area contributed by atoms with Gasteiger partial charge in [0, 0.05) is 0 Å². The highest BCUT2D eigenvalue weighted by Crippen LogP contribution is 2.60. The van der Waals surface area contributed by atoms with Gasteiger partial charge in [-0.25, -0.2) is 14.3 Å². The minimum Gasteiger partial charge on any atom is -0.464 e. The van der Waals surface area contributed by atoms with Crippen LogP contribution in [-0.2, 0) is 19.0 Å². The number of halogens is 23. The van der Waals surface area contributed by atoms with Crippen molar-refractivity contribution in [1.82, 2.24) is 0 Å². The minimum atomic E-state index is -8.84. The van der Waals surface area contributed by atoms with E-state index in [1.54, 1.807) is 0 Å². The van der Waals surface area contributed by atoms with Crippen molar-refractivity contribution in [1.29, 1.82) is 0 Å². The molecular formula is C13H3F23O4. The first-order valence-corrected chi connectivity index (χ1v) is 8.23. The summed E-state index contributed by atoms with van der Waals surface area (Å²) in [5.41, 5.74) is 0. The summed E-state index contributed by atoms with van der Waals surface area (Å²) in [7, 11) is -0.277. The van der Waals surface area contributed by atoms with E-state index in [-0.39, 0.29) is 7.11 Å². The summed E-state index contributed by atoms with van der Waals surface area (Å²) in [5, 5.41) is 0. The molecule has 27 heteroatoms. The molecule has 0 aromatic heterocycles. The van der Waals surface area contributed by atoms with Crippen LogP contribution in [0.2, 0.25) is 0 Å². The van der Waals surface area contributed by atoms with Crippen LogP contribution >= 0.6 is 0 Å². The Bertz CT molecular complexity index is 934. The van der Waals surface area contributed by atoms with Crippen molar-refractivity contribution in [2.24, 2.45) is 0 Å². The molecule has 0 unspecified atom stereocenters. The fourth-order valence-electron chi connectivity index (χ4n) is 1.74. The van der Waals surface area contributed by atoms with E-state index in [1.165, 1.54) is 0 Å². The van der Waals surface area contributed by atoms with Gasteiger partial charge in [-0.15, -0.1) is 0 Å². The molecule has 0 radical (unpaired) electrons. The normalized spacial score (nSPS) is 16.3. The third-order valence-electron chi connectivity index (χ3n) is 3.96. The highest BCUT2D eigenvalue weighted by molar-refractivity contribution is 5.79. The lowest BCUT2D eigenvalue weighted by atomic mass is 10.1. The average Bonchev–Trinajstić information content (AvgIpc) is 2.69. The first-order chi connectivity index (χ1) is 16.9. The van der Waals surface area contributed by atoms with Gasteiger partial charge in [0.05, 0.1) is 7.11 Å². The summed E-state index contributed by atoms with van der Waals surface area (Å²) in [4.78, 5) is 10.5. The zero-order chi connectivity index (χ0) is 33.2. The van der Waals surface area contributed by atoms with Crippen molar-refractivity contribution >= 4 is 5.97 Å². The van der Waals surface area contributed by atoms with Crippen LogP contribution in [0.3, 0.4) is 0 Å². The Balaban J connectivity index is 6.66. The molecule has 40 heavy (non-hydrogen) atoms. The van der Waals surface area contributed by atoms with E-state index in [2.05, 4.69) is 4.74 Å². The highest BCUT2D eigenvalue weighted by atomic mass is 19.4. The van der Waals surface area contributed by atoms with Crippen LogP contribution in [0.5, 0.6) is 0 Å². The van der Waals surface area contributed by atoms with Gasteiger partial charge in [-0.05, 0) is 0 Å². The Kier molecular flexibility index (Phi) is 9.13. The van der Waals surface area contributed by atoms with Gasteiger partial charge in [0.25, 0.3) is 0 Å². The van der Waals surface area contributed by atoms with E-state index in [0.29, 0.717) is 0 Å². The monoisotopic (exact) mass is 660 g/mol. The van der Waals surface area contributed by atoms with Gasteiger partial charge in [0.1, 0.15) is 0 Å². The number of ether oxygens (including phenoxy) is 3.